The van der Waals surface area contributed by atoms with E-state index in [-0.39, 0.29) is 66.4 Å². The summed E-state index contributed by atoms with van der Waals surface area (Å²) in [7, 11) is 1.26. The molecule has 42 heavy (non-hydrogen) atoms. The van der Waals surface area contributed by atoms with Crippen molar-refractivity contribution in [2.45, 2.75) is 100 Å². The minimum Gasteiger partial charge on any atom is -0.469 e. The molecule has 8 atom stereocenters. The summed E-state index contributed by atoms with van der Waals surface area (Å²) in [5.74, 6) is -4.39. The molecule has 0 aliphatic heterocycles. The van der Waals surface area contributed by atoms with E-state index >= 15 is 0 Å². The number of methoxy groups -OCH3 is 1. The molecule has 4 aliphatic rings. The monoisotopic (exact) mass is 584 g/mol. The Morgan fingerprint density at radius 3 is 2.10 bits per heavy atom. The molecule has 0 bridgehead atoms. The molecule has 0 aromatic carbocycles. The van der Waals surface area contributed by atoms with Crippen LogP contribution in [0.2, 0.25) is 0 Å². The highest BCUT2D eigenvalue weighted by molar-refractivity contribution is 6.18. The lowest BCUT2D eigenvalue weighted by Gasteiger charge is -2.59. The molecule has 0 unspecified atom stereocenters. The number of hydrogen-bond acceptors (Lipinski definition) is 9. The lowest BCUT2D eigenvalue weighted by atomic mass is 9.42. The van der Waals surface area contributed by atoms with E-state index in [1.165, 1.54) is 14.0 Å². The molecule has 0 aromatic rings. The molecule has 0 spiro atoms. The van der Waals surface area contributed by atoms with Crippen LogP contribution in [0.1, 0.15) is 93.9 Å². The van der Waals surface area contributed by atoms with E-state index in [1.54, 1.807) is 20.8 Å². The van der Waals surface area contributed by atoms with Gasteiger partial charge in [-0.15, -0.1) is 0 Å². The molecule has 9 heteroatoms. The summed E-state index contributed by atoms with van der Waals surface area (Å²) in [6, 6.07) is 0. The first-order valence-electron chi connectivity index (χ1n) is 15.0. The molecule has 0 aromatic heterocycles. The number of carbonyl (C=O) groups is 7. The van der Waals surface area contributed by atoms with E-state index in [0.717, 1.165) is 0 Å². The fraction of sp³-hybridized carbons (Fsp3) is 0.727. The van der Waals surface area contributed by atoms with Crippen molar-refractivity contribution in [3.05, 3.63) is 11.1 Å². The Kier molecular flexibility index (Phi) is 7.86. The minimum atomic E-state index is -1.44. The van der Waals surface area contributed by atoms with Crippen molar-refractivity contribution in [2.75, 3.05) is 7.11 Å². The smallest absolute Gasteiger partial charge is 0.308 e. The van der Waals surface area contributed by atoms with Crippen LogP contribution in [0, 0.1) is 45.3 Å². The van der Waals surface area contributed by atoms with E-state index < -0.39 is 69.2 Å². The summed E-state index contributed by atoms with van der Waals surface area (Å²) in [6.07, 6.45) is -0.675. The van der Waals surface area contributed by atoms with Crippen molar-refractivity contribution in [1.82, 2.24) is 0 Å². The van der Waals surface area contributed by atoms with Crippen LogP contribution in [0.25, 0.3) is 0 Å². The number of ketones is 5. The summed E-state index contributed by atoms with van der Waals surface area (Å²) in [4.78, 5) is 93.3. The summed E-state index contributed by atoms with van der Waals surface area (Å²) in [5, 5.41) is 0. The first-order chi connectivity index (χ1) is 19.3. The Morgan fingerprint density at radius 1 is 0.905 bits per heavy atom. The lowest BCUT2D eigenvalue weighted by molar-refractivity contribution is -0.175. The average Bonchev–Trinajstić information content (AvgIpc) is 3.11. The first kappa shape index (κ1) is 32.0. The molecule has 4 aliphatic carbocycles. The van der Waals surface area contributed by atoms with Crippen molar-refractivity contribution < 1.29 is 43.0 Å². The van der Waals surface area contributed by atoms with E-state index in [2.05, 4.69) is 0 Å². The molecule has 0 amide bonds. The third-order valence-corrected chi connectivity index (χ3v) is 11.7. The SMILES string of the molecule is COC(=O)[C@H](C)CC(=O)C[C@H](C)[C@H]1CC(=O)[C@@]2(C)C3=C(C(=O)[C@@H](OC(C)=O)[C@]12C)[C@@]1(C)CCC(=O)C(C)(C)[C@@H]1CC3=O. The Bertz CT molecular complexity index is 1320. The van der Waals surface area contributed by atoms with Crippen molar-refractivity contribution in [2.24, 2.45) is 45.3 Å². The number of allylic oxidation sites excluding steroid dienone is 1. The van der Waals surface area contributed by atoms with Crippen LogP contribution >= 0.6 is 0 Å². The van der Waals surface area contributed by atoms with Gasteiger partial charge in [-0.25, -0.2) is 0 Å². The van der Waals surface area contributed by atoms with Gasteiger partial charge >= 0.3 is 11.9 Å². The molecule has 230 valence electrons. The van der Waals surface area contributed by atoms with Crippen molar-refractivity contribution in [1.29, 1.82) is 0 Å². The zero-order valence-corrected chi connectivity index (χ0v) is 26.3. The highest BCUT2D eigenvalue weighted by Gasteiger charge is 2.74. The van der Waals surface area contributed by atoms with Crippen LogP contribution in [0.4, 0.5) is 0 Å². The van der Waals surface area contributed by atoms with E-state index in [0.29, 0.717) is 6.42 Å². The van der Waals surface area contributed by atoms with Crippen LogP contribution in [0.5, 0.6) is 0 Å². The molecule has 2 fully saturated rings. The number of carbonyl (C=O) groups excluding carboxylic acids is 7. The normalized spacial score (nSPS) is 36.9. The van der Waals surface area contributed by atoms with Gasteiger partial charge in [-0.05, 0) is 31.1 Å². The quantitative estimate of drug-likeness (QED) is 0.403. The predicted molar refractivity (Wildman–Crippen MR) is 151 cm³/mol. The Morgan fingerprint density at radius 2 is 1.52 bits per heavy atom. The van der Waals surface area contributed by atoms with Gasteiger partial charge in [-0.1, -0.05) is 41.5 Å². The Balaban J connectivity index is 1.86. The van der Waals surface area contributed by atoms with Crippen molar-refractivity contribution >= 4 is 40.9 Å². The first-order valence-corrected chi connectivity index (χ1v) is 15.0. The summed E-state index contributed by atoms with van der Waals surface area (Å²) in [6.45, 7) is 13.6. The lowest BCUT2D eigenvalue weighted by Crippen LogP contribution is -2.64. The minimum absolute atomic E-state index is 0.00717. The van der Waals surface area contributed by atoms with Crippen molar-refractivity contribution in [3.8, 4) is 0 Å². The maximum absolute atomic E-state index is 14.6. The maximum atomic E-state index is 14.6. The van der Waals surface area contributed by atoms with Gasteiger partial charge in [0, 0.05) is 66.4 Å². The zero-order chi connectivity index (χ0) is 31.7. The zero-order valence-electron chi connectivity index (χ0n) is 26.3. The number of esters is 2. The van der Waals surface area contributed by atoms with Gasteiger partial charge in [-0.3, -0.25) is 33.6 Å². The second kappa shape index (κ2) is 10.3. The summed E-state index contributed by atoms with van der Waals surface area (Å²) < 4.78 is 10.6. The van der Waals surface area contributed by atoms with Crippen LogP contribution in [-0.4, -0.2) is 54.1 Å². The number of rotatable bonds is 7. The molecular weight excluding hydrogens is 540 g/mol. The molecular formula is C33H44O9. The van der Waals surface area contributed by atoms with Crippen LogP contribution < -0.4 is 0 Å². The molecule has 9 nitrogen and oxygen atoms in total. The van der Waals surface area contributed by atoms with Gasteiger partial charge < -0.3 is 9.47 Å². The third kappa shape index (κ3) is 4.28. The van der Waals surface area contributed by atoms with Crippen LogP contribution in [0.15, 0.2) is 11.1 Å². The van der Waals surface area contributed by atoms with Gasteiger partial charge in [-0.2, -0.15) is 0 Å². The third-order valence-electron chi connectivity index (χ3n) is 11.7. The Labute approximate surface area is 247 Å². The van der Waals surface area contributed by atoms with Gasteiger partial charge in [0.05, 0.1) is 18.4 Å². The number of ether oxygens (including phenoxy) is 2. The van der Waals surface area contributed by atoms with E-state index in [4.69, 9.17) is 9.47 Å². The van der Waals surface area contributed by atoms with E-state index in [9.17, 15) is 33.6 Å². The van der Waals surface area contributed by atoms with Gasteiger partial charge in [0.15, 0.2) is 11.9 Å². The fourth-order valence-corrected chi connectivity index (χ4v) is 9.19. The highest BCUT2D eigenvalue weighted by Crippen LogP contribution is 2.70. The van der Waals surface area contributed by atoms with E-state index in [1.807, 2.05) is 27.7 Å². The molecule has 0 N–H and O–H groups in total. The molecule has 4 rings (SSSR count). The second-order valence-electron chi connectivity index (χ2n) is 14.3. The highest BCUT2D eigenvalue weighted by atomic mass is 16.5. The summed E-state index contributed by atoms with van der Waals surface area (Å²) >= 11 is 0. The predicted octanol–water partition coefficient (Wildman–Crippen LogP) is 4.18. The standard InChI is InChI=1S/C33H44O9/c1-16(12-19(35)13-17(2)29(40)41-9)20-14-24(38)33(8)25-21(36)15-22-30(4,5)23(37)10-11-31(22,6)26(25)27(39)28(32(20,33)7)42-18(3)34/h16-17,20,22,28H,10-15H2,1-9H3/t16-,17+,20+,22-,28+,31-,32-,33-/m0/s1. The molecule has 0 saturated heterocycles. The van der Waals surface area contributed by atoms with Gasteiger partial charge in [0.2, 0.25) is 5.78 Å². The van der Waals surface area contributed by atoms with Crippen LogP contribution in [0.3, 0.4) is 0 Å². The number of fused-ring (bicyclic) bond motifs is 4. The summed E-state index contributed by atoms with van der Waals surface area (Å²) in [5.41, 5.74) is -4.00. The number of Topliss-reactive ketones (excluding diaryl/α,β-unsaturated/α-hetero) is 5. The van der Waals surface area contributed by atoms with Crippen molar-refractivity contribution in [3.63, 3.8) is 0 Å². The molecule has 0 heterocycles. The average molecular weight is 585 g/mol. The van der Waals surface area contributed by atoms with Gasteiger partial charge in [0.1, 0.15) is 17.3 Å². The maximum Gasteiger partial charge on any atom is 0.308 e. The van der Waals surface area contributed by atoms with Crippen LogP contribution in [-0.2, 0) is 43.0 Å². The largest absolute Gasteiger partial charge is 0.469 e. The molecule has 2 saturated carbocycles. The van der Waals surface area contributed by atoms with Gasteiger partial charge in [0.25, 0.3) is 0 Å². The molecule has 0 radical (unpaired) electrons. The second-order valence-corrected chi connectivity index (χ2v) is 14.3. The number of hydrogen-bond donors (Lipinski definition) is 0. The fourth-order valence-electron chi connectivity index (χ4n) is 9.19. The Hall–Kier alpha value is -2.97. The topological polar surface area (TPSA) is 138 Å².